The van der Waals surface area contributed by atoms with Crippen LogP contribution in [0.5, 0.6) is 0 Å². The number of carbonyl (C=O) groups excluding carboxylic acids is 2. The quantitative estimate of drug-likeness (QED) is 0.525. The Labute approximate surface area is 150 Å². The van der Waals surface area contributed by atoms with Crippen LogP contribution in [0.15, 0.2) is 54.7 Å². The number of aromatic nitrogens is 1. The molecule has 0 unspecified atom stereocenters. The van der Waals surface area contributed by atoms with E-state index in [1.165, 1.54) is 5.01 Å². The van der Waals surface area contributed by atoms with E-state index < -0.39 is 0 Å². The van der Waals surface area contributed by atoms with Crippen molar-refractivity contribution in [3.05, 3.63) is 82.0 Å². The molecular formula is C20H15ClN2O2. The highest BCUT2D eigenvalue weighted by atomic mass is 35.5. The van der Waals surface area contributed by atoms with Crippen molar-refractivity contribution in [1.82, 2.24) is 4.68 Å². The normalized spacial score (nSPS) is 11.8. The first kappa shape index (κ1) is 15.7. The molecule has 5 heteroatoms. The van der Waals surface area contributed by atoms with Gasteiger partial charge in [0.15, 0.2) is 6.29 Å². The van der Waals surface area contributed by atoms with Crippen molar-refractivity contribution in [1.29, 1.82) is 0 Å². The maximum absolute atomic E-state index is 12.9. The number of aldehydes is 1. The van der Waals surface area contributed by atoms with E-state index in [1.54, 1.807) is 31.3 Å². The molecule has 1 heterocycles. The molecule has 1 aromatic heterocycles. The van der Waals surface area contributed by atoms with Crippen LogP contribution in [0.3, 0.4) is 0 Å². The molecule has 0 bridgehead atoms. The van der Waals surface area contributed by atoms with Crippen LogP contribution in [0.1, 0.15) is 31.8 Å². The third-order valence-electron chi connectivity index (χ3n) is 4.59. The lowest BCUT2D eigenvalue weighted by molar-refractivity contribution is 0.0962. The summed E-state index contributed by atoms with van der Waals surface area (Å²) < 4.78 is 1.83. The topological polar surface area (TPSA) is 42.3 Å². The van der Waals surface area contributed by atoms with Gasteiger partial charge in [0.1, 0.15) is 0 Å². The van der Waals surface area contributed by atoms with Gasteiger partial charge < -0.3 is 0 Å². The fourth-order valence-electron chi connectivity index (χ4n) is 3.36. The Morgan fingerprint density at radius 1 is 1.16 bits per heavy atom. The maximum atomic E-state index is 12.9. The Morgan fingerprint density at radius 3 is 2.76 bits per heavy atom. The van der Waals surface area contributed by atoms with E-state index >= 15 is 0 Å². The van der Waals surface area contributed by atoms with Gasteiger partial charge in [-0.05, 0) is 35.4 Å². The Morgan fingerprint density at radius 2 is 1.96 bits per heavy atom. The molecule has 1 aliphatic carbocycles. The van der Waals surface area contributed by atoms with Gasteiger partial charge in [-0.1, -0.05) is 35.9 Å². The third kappa shape index (κ3) is 2.46. The zero-order valence-electron chi connectivity index (χ0n) is 13.6. The van der Waals surface area contributed by atoms with E-state index in [4.69, 9.17) is 11.6 Å². The molecule has 0 N–H and O–H groups in total. The van der Waals surface area contributed by atoms with Crippen LogP contribution in [0, 0.1) is 0 Å². The summed E-state index contributed by atoms with van der Waals surface area (Å²) in [6.45, 7) is 0. The van der Waals surface area contributed by atoms with Crippen molar-refractivity contribution in [2.45, 2.75) is 6.42 Å². The zero-order chi connectivity index (χ0) is 17.6. The molecule has 1 amide bonds. The average Bonchev–Trinajstić information content (AvgIpc) is 3.18. The van der Waals surface area contributed by atoms with Crippen LogP contribution in [0.4, 0.5) is 0 Å². The predicted molar refractivity (Wildman–Crippen MR) is 98.0 cm³/mol. The highest BCUT2D eigenvalue weighted by Crippen LogP contribution is 2.38. The van der Waals surface area contributed by atoms with E-state index in [0.717, 1.165) is 28.8 Å². The highest BCUT2D eigenvalue weighted by molar-refractivity contribution is 6.30. The van der Waals surface area contributed by atoms with Gasteiger partial charge in [0, 0.05) is 35.8 Å². The van der Waals surface area contributed by atoms with Crippen LogP contribution in [0.25, 0.3) is 11.3 Å². The number of amides is 1. The number of carbonyl (C=O) groups is 2. The van der Waals surface area contributed by atoms with Gasteiger partial charge in [-0.3, -0.25) is 14.3 Å². The monoisotopic (exact) mass is 350 g/mol. The van der Waals surface area contributed by atoms with Crippen molar-refractivity contribution >= 4 is 23.8 Å². The number of benzene rings is 2. The van der Waals surface area contributed by atoms with Gasteiger partial charge >= 0.3 is 0 Å². The lowest BCUT2D eigenvalue weighted by Crippen LogP contribution is -2.37. The van der Waals surface area contributed by atoms with Crippen molar-refractivity contribution in [3.8, 4) is 11.3 Å². The van der Waals surface area contributed by atoms with Gasteiger partial charge in [0.2, 0.25) is 0 Å². The van der Waals surface area contributed by atoms with E-state index in [2.05, 4.69) is 0 Å². The largest absolute Gasteiger partial charge is 0.298 e. The number of nitrogens with zero attached hydrogens (tertiary/aromatic N) is 2. The molecule has 0 radical (unpaired) electrons. The Kier molecular flexibility index (Phi) is 3.70. The number of rotatable bonds is 3. The summed E-state index contributed by atoms with van der Waals surface area (Å²) in [6, 6.07) is 14.6. The Hall–Kier alpha value is -2.85. The van der Waals surface area contributed by atoms with Crippen LogP contribution in [-0.4, -0.2) is 23.9 Å². The third-order valence-corrected chi connectivity index (χ3v) is 4.82. The second kappa shape index (κ2) is 5.90. The number of halogens is 1. The first-order valence-corrected chi connectivity index (χ1v) is 8.29. The molecule has 0 spiro atoms. The lowest BCUT2D eigenvalue weighted by Gasteiger charge is -2.22. The number of hydrogen-bond donors (Lipinski definition) is 0. The van der Waals surface area contributed by atoms with Gasteiger partial charge in [0.25, 0.3) is 5.91 Å². The van der Waals surface area contributed by atoms with Crippen LogP contribution in [0.2, 0.25) is 5.02 Å². The molecule has 0 saturated carbocycles. The first-order chi connectivity index (χ1) is 12.1. The van der Waals surface area contributed by atoms with Gasteiger partial charge in [-0.2, -0.15) is 0 Å². The fraction of sp³-hybridized carbons (Fsp3) is 0.100. The SMILES string of the molecule is CN(C(=O)c1ccccc1C=O)n1ccc2c1-c1ccc(Cl)cc1C2. The van der Waals surface area contributed by atoms with Crippen molar-refractivity contribution in [3.63, 3.8) is 0 Å². The summed E-state index contributed by atoms with van der Waals surface area (Å²) >= 11 is 6.10. The first-order valence-electron chi connectivity index (χ1n) is 7.91. The van der Waals surface area contributed by atoms with Gasteiger partial charge in [0.05, 0.1) is 11.3 Å². The minimum atomic E-state index is -0.233. The smallest absolute Gasteiger partial charge is 0.273 e. The number of hydrogen-bond acceptors (Lipinski definition) is 2. The Bertz CT molecular complexity index is 1010. The minimum absolute atomic E-state index is 0.233. The molecule has 0 saturated heterocycles. The zero-order valence-corrected chi connectivity index (χ0v) is 14.3. The van der Waals surface area contributed by atoms with E-state index in [-0.39, 0.29) is 5.91 Å². The van der Waals surface area contributed by atoms with Gasteiger partial charge in [-0.15, -0.1) is 0 Å². The average molecular weight is 351 g/mol. The lowest BCUT2D eigenvalue weighted by atomic mass is 10.1. The summed E-state index contributed by atoms with van der Waals surface area (Å²) in [5.74, 6) is -0.233. The van der Waals surface area contributed by atoms with E-state index in [0.29, 0.717) is 22.4 Å². The minimum Gasteiger partial charge on any atom is -0.298 e. The second-order valence-electron chi connectivity index (χ2n) is 6.05. The van der Waals surface area contributed by atoms with Crippen molar-refractivity contribution < 1.29 is 9.59 Å². The molecule has 0 fully saturated rings. The molecule has 0 atom stereocenters. The molecule has 2 aromatic carbocycles. The van der Waals surface area contributed by atoms with Crippen molar-refractivity contribution in [2.75, 3.05) is 12.1 Å². The number of fused-ring (bicyclic) bond motifs is 3. The summed E-state index contributed by atoms with van der Waals surface area (Å²) in [7, 11) is 1.71. The van der Waals surface area contributed by atoms with Gasteiger partial charge in [-0.25, -0.2) is 5.01 Å². The van der Waals surface area contributed by atoms with E-state index in [1.807, 2.05) is 35.1 Å². The fourth-order valence-corrected chi connectivity index (χ4v) is 3.56. The molecule has 1 aliphatic rings. The summed E-state index contributed by atoms with van der Waals surface area (Å²) in [6.07, 6.45) is 3.38. The van der Waals surface area contributed by atoms with Crippen LogP contribution >= 0.6 is 11.6 Å². The molecular weight excluding hydrogens is 336 g/mol. The molecule has 0 aliphatic heterocycles. The molecule has 4 nitrogen and oxygen atoms in total. The summed E-state index contributed by atoms with van der Waals surface area (Å²) in [5, 5.41) is 2.24. The molecule has 3 aromatic rings. The molecule has 25 heavy (non-hydrogen) atoms. The van der Waals surface area contributed by atoms with Crippen LogP contribution < -0.4 is 5.01 Å². The standard InChI is InChI=1S/C20H15ClN2O2/c1-22(20(25)18-5-3-2-4-14(18)12-24)23-9-8-13-10-15-11-16(21)6-7-17(15)19(13)23/h2-9,11-12H,10H2,1H3. The maximum Gasteiger partial charge on any atom is 0.273 e. The predicted octanol–water partition coefficient (Wildman–Crippen LogP) is 3.93. The Balaban J connectivity index is 1.76. The molecule has 4 rings (SSSR count). The summed E-state index contributed by atoms with van der Waals surface area (Å²) in [5.41, 5.74) is 5.15. The van der Waals surface area contributed by atoms with Crippen molar-refractivity contribution in [2.24, 2.45) is 0 Å². The summed E-state index contributed by atoms with van der Waals surface area (Å²) in [4.78, 5) is 24.1. The second-order valence-corrected chi connectivity index (χ2v) is 6.48. The van der Waals surface area contributed by atoms with E-state index in [9.17, 15) is 9.59 Å². The molecule has 124 valence electrons. The van der Waals surface area contributed by atoms with Crippen LogP contribution in [-0.2, 0) is 6.42 Å². The highest BCUT2D eigenvalue weighted by Gasteiger charge is 2.26.